The van der Waals surface area contributed by atoms with Crippen molar-refractivity contribution < 1.29 is 9.53 Å². The van der Waals surface area contributed by atoms with E-state index in [9.17, 15) is 4.79 Å². The monoisotopic (exact) mass is 393 g/mol. The zero-order chi connectivity index (χ0) is 20.1. The molecule has 7 nitrogen and oxygen atoms in total. The van der Waals surface area contributed by atoms with Gasteiger partial charge >= 0.3 is 6.09 Å². The fourth-order valence-electron chi connectivity index (χ4n) is 2.56. The van der Waals surface area contributed by atoms with E-state index in [4.69, 9.17) is 28.5 Å². The summed E-state index contributed by atoms with van der Waals surface area (Å²) in [6, 6.07) is 10.8. The Morgan fingerprint density at radius 1 is 1.36 bits per heavy atom. The summed E-state index contributed by atoms with van der Waals surface area (Å²) < 4.78 is 6.03. The first-order chi connectivity index (χ1) is 13.5. The van der Waals surface area contributed by atoms with Gasteiger partial charge in [-0.05, 0) is 36.2 Å². The number of carbonyl (C=O) groups excluding carboxylic acids is 1. The fourth-order valence-corrected chi connectivity index (χ4v) is 2.69. The molecule has 3 aromatic rings. The molecule has 8 heteroatoms. The van der Waals surface area contributed by atoms with Crippen LogP contribution in [0.3, 0.4) is 0 Å². The maximum Gasteiger partial charge on any atom is 0.437 e. The highest BCUT2D eigenvalue weighted by molar-refractivity contribution is 6.30. The number of pyridine rings is 1. The molecule has 0 radical (unpaired) electrons. The van der Waals surface area contributed by atoms with E-state index >= 15 is 0 Å². The van der Waals surface area contributed by atoms with Gasteiger partial charge in [0.25, 0.3) is 0 Å². The van der Waals surface area contributed by atoms with Crippen molar-refractivity contribution in [2.75, 3.05) is 6.61 Å². The number of hydrogen-bond acceptors (Lipinski definition) is 5. The third kappa shape index (κ3) is 3.87. The van der Waals surface area contributed by atoms with Crippen LogP contribution < -0.4 is 5.73 Å². The highest BCUT2D eigenvalue weighted by atomic mass is 35.5. The van der Waals surface area contributed by atoms with Crippen LogP contribution in [0.5, 0.6) is 0 Å². The van der Waals surface area contributed by atoms with Gasteiger partial charge in [0.1, 0.15) is 5.69 Å². The number of benzene rings is 1. The van der Waals surface area contributed by atoms with E-state index in [-0.39, 0.29) is 12.4 Å². The van der Waals surface area contributed by atoms with Gasteiger partial charge in [0.2, 0.25) is 0 Å². The second-order valence-corrected chi connectivity index (χ2v) is 6.16. The summed E-state index contributed by atoms with van der Waals surface area (Å²) in [4.78, 5) is 21.0. The molecule has 0 atom stereocenters. The number of aliphatic imine (C=N–C) groups is 1. The van der Waals surface area contributed by atoms with Crippen LogP contribution in [0.25, 0.3) is 22.5 Å². The summed E-state index contributed by atoms with van der Waals surface area (Å²) in [7, 11) is 0. The van der Waals surface area contributed by atoms with Crippen molar-refractivity contribution in [2.24, 2.45) is 10.7 Å². The first-order valence-electron chi connectivity index (χ1n) is 8.22. The van der Waals surface area contributed by atoms with E-state index in [2.05, 4.69) is 21.0 Å². The smallest absolute Gasteiger partial charge is 0.435 e. The lowest BCUT2D eigenvalue weighted by molar-refractivity contribution is 0.159. The number of nitrogens with zero attached hydrogens (tertiary/aromatic N) is 4. The molecular formula is C20H16ClN5O2. The average molecular weight is 394 g/mol. The Hall–Kier alpha value is -3.63. The van der Waals surface area contributed by atoms with Gasteiger partial charge in [-0.25, -0.2) is 9.79 Å². The number of hydrogen-bond donors (Lipinski definition) is 1. The van der Waals surface area contributed by atoms with Gasteiger partial charge in [0, 0.05) is 11.2 Å². The third-order valence-electron chi connectivity index (χ3n) is 3.80. The standard InChI is InChI=1S/C20H16ClN5O2/c1-3-10-28-20(27)26-19(24-12-22)17(14-5-7-15(21)8-6-14)18(25-26)16-9-4-13(2)11-23-16/h1,4-9,11-12H,10H2,2H3,(H2,22,24). The lowest BCUT2D eigenvalue weighted by Gasteiger charge is -2.05. The summed E-state index contributed by atoms with van der Waals surface area (Å²) in [6.45, 7) is 1.73. The Balaban J connectivity index is 2.27. The number of terminal acetylenes is 1. The highest BCUT2D eigenvalue weighted by Gasteiger charge is 2.25. The molecule has 2 N–H and O–H groups in total. The van der Waals surface area contributed by atoms with E-state index in [0.717, 1.165) is 22.1 Å². The predicted molar refractivity (Wildman–Crippen MR) is 109 cm³/mol. The number of nitrogens with two attached hydrogens (primary N) is 1. The van der Waals surface area contributed by atoms with Crippen LogP contribution in [0.2, 0.25) is 5.02 Å². The molecule has 2 aromatic heterocycles. The van der Waals surface area contributed by atoms with Gasteiger partial charge in [0.05, 0.1) is 17.6 Å². The molecule has 28 heavy (non-hydrogen) atoms. The summed E-state index contributed by atoms with van der Waals surface area (Å²) in [6.07, 6.45) is 7.18. The van der Waals surface area contributed by atoms with Crippen molar-refractivity contribution in [1.82, 2.24) is 14.8 Å². The zero-order valence-electron chi connectivity index (χ0n) is 15.0. The quantitative estimate of drug-likeness (QED) is 0.413. The number of carbonyl (C=O) groups is 1. The molecule has 0 fully saturated rings. The van der Waals surface area contributed by atoms with E-state index < -0.39 is 6.09 Å². The van der Waals surface area contributed by atoms with Crippen LogP contribution in [0.4, 0.5) is 10.6 Å². The van der Waals surface area contributed by atoms with Crippen molar-refractivity contribution in [3.05, 3.63) is 53.2 Å². The predicted octanol–water partition coefficient (Wildman–Crippen LogP) is 3.81. The number of halogens is 1. The summed E-state index contributed by atoms with van der Waals surface area (Å²) >= 11 is 6.01. The van der Waals surface area contributed by atoms with Crippen LogP contribution >= 0.6 is 11.6 Å². The summed E-state index contributed by atoms with van der Waals surface area (Å²) in [5, 5.41) is 4.96. The molecular weight excluding hydrogens is 378 g/mol. The van der Waals surface area contributed by atoms with Crippen LogP contribution in [0, 0.1) is 19.3 Å². The Morgan fingerprint density at radius 3 is 2.71 bits per heavy atom. The van der Waals surface area contributed by atoms with Crippen molar-refractivity contribution >= 4 is 29.9 Å². The minimum atomic E-state index is -0.771. The number of rotatable bonds is 4. The molecule has 0 aliphatic rings. The van der Waals surface area contributed by atoms with Gasteiger partial charge in [-0.2, -0.15) is 5.10 Å². The minimum absolute atomic E-state index is 0.196. The van der Waals surface area contributed by atoms with Gasteiger partial charge in [-0.15, -0.1) is 11.1 Å². The van der Waals surface area contributed by atoms with E-state index in [1.807, 2.05) is 19.1 Å². The van der Waals surface area contributed by atoms with Crippen LogP contribution in [-0.4, -0.2) is 33.8 Å². The maximum atomic E-state index is 12.5. The molecule has 0 unspecified atom stereocenters. The summed E-state index contributed by atoms with van der Waals surface area (Å²) in [5.74, 6) is 2.44. The van der Waals surface area contributed by atoms with Crippen molar-refractivity contribution in [3.63, 3.8) is 0 Å². The number of ether oxygens (including phenoxy) is 1. The Labute approximate surface area is 166 Å². The van der Waals surface area contributed by atoms with Crippen molar-refractivity contribution in [3.8, 4) is 34.9 Å². The maximum absolute atomic E-state index is 12.5. The Kier molecular flexibility index (Phi) is 5.72. The van der Waals surface area contributed by atoms with Gasteiger partial charge in [0.15, 0.2) is 12.4 Å². The molecule has 0 aliphatic carbocycles. The van der Waals surface area contributed by atoms with Crippen molar-refractivity contribution in [2.45, 2.75) is 6.92 Å². The largest absolute Gasteiger partial charge is 0.437 e. The molecule has 0 bridgehead atoms. The van der Waals surface area contributed by atoms with Gasteiger partial charge in [-0.1, -0.05) is 35.7 Å². The molecule has 0 saturated heterocycles. The van der Waals surface area contributed by atoms with E-state index in [0.29, 0.717) is 22.0 Å². The zero-order valence-corrected chi connectivity index (χ0v) is 15.7. The van der Waals surface area contributed by atoms with Crippen molar-refractivity contribution in [1.29, 1.82) is 0 Å². The number of aryl methyl sites for hydroxylation is 1. The van der Waals surface area contributed by atoms with Crippen LogP contribution in [0.1, 0.15) is 5.56 Å². The lowest BCUT2D eigenvalue weighted by atomic mass is 10.0. The summed E-state index contributed by atoms with van der Waals surface area (Å²) in [5.41, 5.74) is 8.81. The van der Waals surface area contributed by atoms with Crippen LogP contribution in [-0.2, 0) is 4.74 Å². The SMILES string of the molecule is C#CCOC(=O)n1nc(-c2ccc(C)cn2)c(-c2ccc(Cl)cc2)c1/N=C\N. The molecule has 1 aromatic carbocycles. The molecule has 0 spiro atoms. The molecule has 0 amide bonds. The highest BCUT2D eigenvalue weighted by Crippen LogP contribution is 2.39. The molecule has 3 rings (SSSR count). The topological polar surface area (TPSA) is 95.4 Å². The third-order valence-corrected chi connectivity index (χ3v) is 4.05. The minimum Gasteiger partial charge on any atom is -0.435 e. The average Bonchev–Trinajstić information content (AvgIpc) is 3.07. The van der Waals surface area contributed by atoms with Gasteiger partial charge < -0.3 is 10.5 Å². The molecule has 0 aliphatic heterocycles. The lowest BCUT2D eigenvalue weighted by Crippen LogP contribution is -2.15. The second kappa shape index (κ2) is 8.37. The Morgan fingerprint density at radius 2 is 2.11 bits per heavy atom. The molecule has 0 saturated carbocycles. The fraction of sp³-hybridized carbons (Fsp3) is 0.100. The second-order valence-electron chi connectivity index (χ2n) is 5.72. The first kappa shape index (κ1) is 19.1. The molecule has 2 heterocycles. The number of aromatic nitrogens is 3. The van der Waals surface area contributed by atoms with Crippen LogP contribution in [0.15, 0.2) is 47.6 Å². The normalized spacial score (nSPS) is 10.8. The van der Waals surface area contributed by atoms with E-state index in [1.54, 1.807) is 30.5 Å². The van der Waals surface area contributed by atoms with E-state index in [1.165, 1.54) is 0 Å². The molecule has 140 valence electrons. The van der Waals surface area contributed by atoms with Gasteiger partial charge in [-0.3, -0.25) is 4.98 Å². The first-order valence-corrected chi connectivity index (χ1v) is 8.59. The Bertz CT molecular complexity index is 1060.